The van der Waals surface area contributed by atoms with Gasteiger partial charge in [-0.05, 0) is 41.3 Å². The van der Waals surface area contributed by atoms with Crippen molar-refractivity contribution in [1.29, 1.82) is 0 Å². The van der Waals surface area contributed by atoms with Gasteiger partial charge in [-0.3, -0.25) is 4.79 Å². The molecule has 1 aliphatic carbocycles. The van der Waals surface area contributed by atoms with Gasteiger partial charge < -0.3 is 10.4 Å². The Bertz CT molecular complexity index is 413. The van der Waals surface area contributed by atoms with Crippen LogP contribution in [-0.2, 0) is 11.2 Å². The highest BCUT2D eigenvalue weighted by molar-refractivity contribution is 9.10. The third kappa shape index (κ3) is 4.07. The fourth-order valence-electron chi connectivity index (χ4n) is 2.28. The van der Waals surface area contributed by atoms with E-state index >= 15 is 0 Å². The third-order valence-electron chi connectivity index (χ3n) is 3.37. The fourth-order valence-corrected chi connectivity index (χ4v) is 3.74. The molecule has 0 aliphatic heterocycles. The number of amides is 1. The van der Waals surface area contributed by atoms with Crippen LogP contribution in [0.3, 0.4) is 0 Å². The van der Waals surface area contributed by atoms with Gasteiger partial charge in [0.05, 0.1) is 5.60 Å². The van der Waals surface area contributed by atoms with Crippen LogP contribution in [0, 0.1) is 0 Å². The van der Waals surface area contributed by atoms with E-state index in [1.165, 1.54) is 4.88 Å². The zero-order valence-corrected chi connectivity index (χ0v) is 12.6. The van der Waals surface area contributed by atoms with E-state index in [4.69, 9.17) is 0 Å². The van der Waals surface area contributed by atoms with E-state index in [1.807, 2.05) is 11.4 Å². The average Bonchev–Trinajstić information content (AvgIpc) is 2.94. The Morgan fingerprint density at radius 3 is 2.83 bits per heavy atom. The molecule has 1 heterocycles. The first kappa shape index (κ1) is 14.0. The molecular formula is C13H18BrNO2S. The van der Waals surface area contributed by atoms with Crippen molar-refractivity contribution >= 4 is 33.2 Å². The summed E-state index contributed by atoms with van der Waals surface area (Å²) < 4.78 is 1.07. The Kier molecular flexibility index (Phi) is 4.81. The maximum absolute atomic E-state index is 11.7. The molecule has 2 N–H and O–H groups in total. The van der Waals surface area contributed by atoms with Crippen LogP contribution in [0.25, 0.3) is 0 Å². The van der Waals surface area contributed by atoms with E-state index in [0.29, 0.717) is 13.0 Å². The van der Waals surface area contributed by atoms with Crippen LogP contribution in [0.5, 0.6) is 0 Å². The van der Waals surface area contributed by atoms with Gasteiger partial charge in [-0.2, -0.15) is 0 Å². The summed E-state index contributed by atoms with van der Waals surface area (Å²) in [5.74, 6) is 0.0276. The van der Waals surface area contributed by atoms with Crippen molar-refractivity contribution in [2.45, 2.75) is 44.1 Å². The minimum absolute atomic E-state index is 0.0276. The monoisotopic (exact) mass is 331 g/mol. The molecule has 1 saturated carbocycles. The summed E-state index contributed by atoms with van der Waals surface area (Å²) in [6.07, 6.45) is 5.01. The summed E-state index contributed by atoms with van der Waals surface area (Å²) in [5.41, 5.74) is -0.651. The van der Waals surface area contributed by atoms with E-state index in [-0.39, 0.29) is 5.91 Å². The molecule has 0 bridgehead atoms. The SMILES string of the molecule is O=C(CCc1cc(Br)cs1)NCC1(O)CCCC1. The Morgan fingerprint density at radius 1 is 1.50 bits per heavy atom. The van der Waals surface area contributed by atoms with Crippen LogP contribution in [0.1, 0.15) is 37.0 Å². The molecular weight excluding hydrogens is 314 g/mol. The van der Waals surface area contributed by atoms with Gasteiger partial charge in [0.2, 0.25) is 5.91 Å². The number of aryl methyl sites for hydroxylation is 1. The maximum Gasteiger partial charge on any atom is 0.220 e. The molecule has 18 heavy (non-hydrogen) atoms. The van der Waals surface area contributed by atoms with Gasteiger partial charge in [-0.25, -0.2) is 0 Å². The van der Waals surface area contributed by atoms with E-state index in [0.717, 1.165) is 36.6 Å². The second-order valence-corrected chi connectivity index (χ2v) is 6.85. The van der Waals surface area contributed by atoms with Crippen molar-refractivity contribution < 1.29 is 9.90 Å². The minimum atomic E-state index is -0.651. The maximum atomic E-state index is 11.7. The van der Waals surface area contributed by atoms with Crippen molar-refractivity contribution in [3.63, 3.8) is 0 Å². The number of thiophene rings is 1. The molecule has 1 aliphatic rings. The Labute approximate surface area is 120 Å². The molecule has 100 valence electrons. The first-order chi connectivity index (χ1) is 8.57. The summed E-state index contributed by atoms with van der Waals surface area (Å²) in [7, 11) is 0. The van der Waals surface area contributed by atoms with Crippen LogP contribution < -0.4 is 5.32 Å². The smallest absolute Gasteiger partial charge is 0.220 e. The number of rotatable bonds is 5. The number of halogens is 1. The highest BCUT2D eigenvalue weighted by Crippen LogP contribution is 2.28. The van der Waals surface area contributed by atoms with Crippen LogP contribution in [0.2, 0.25) is 0 Å². The number of hydrogen-bond acceptors (Lipinski definition) is 3. The summed E-state index contributed by atoms with van der Waals surface area (Å²) in [5, 5.41) is 15.0. The number of carbonyl (C=O) groups excluding carboxylic acids is 1. The van der Waals surface area contributed by atoms with Gasteiger partial charge in [0, 0.05) is 27.7 Å². The van der Waals surface area contributed by atoms with Crippen LogP contribution >= 0.6 is 27.3 Å². The lowest BCUT2D eigenvalue weighted by atomic mass is 10.0. The van der Waals surface area contributed by atoms with E-state index in [2.05, 4.69) is 21.2 Å². The van der Waals surface area contributed by atoms with Gasteiger partial charge in [0.15, 0.2) is 0 Å². The van der Waals surface area contributed by atoms with Crippen LogP contribution in [0.15, 0.2) is 15.9 Å². The number of hydrogen-bond donors (Lipinski definition) is 2. The Balaban J connectivity index is 1.69. The summed E-state index contributed by atoms with van der Waals surface area (Å²) in [6, 6.07) is 2.04. The lowest BCUT2D eigenvalue weighted by Crippen LogP contribution is -2.40. The number of nitrogens with one attached hydrogen (secondary N) is 1. The molecule has 0 aromatic carbocycles. The highest BCUT2D eigenvalue weighted by Gasteiger charge is 2.31. The molecule has 0 radical (unpaired) electrons. The first-order valence-electron chi connectivity index (χ1n) is 6.29. The van der Waals surface area contributed by atoms with Crippen molar-refractivity contribution in [1.82, 2.24) is 5.32 Å². The van der Waals surface area contributed by atoms with E-state index in [9.17, 15) is 9.90 Å². The zero-order chi connectivity index (χ0) is 13.0. The van der Waals surface area contributed by atoms with Gasteiger partial charge in [-0.1, -0.05) is 12.8 Å². The van der Waals surface area contributed by atoms with Gasteiger partial charge in [0.25, 0.3) is 0 Å². The van der Waals surface area contributed by atoms with Crippen LogP contribution in [-0.4, -0.2) is 23.2 Å². The Morgan fingerprint density at radius 2 is 2.22 bits per heavy atom. The molecule has 1 fully saturated rings. The van der Waals surface area contributed by atoms with E-state index in [1.54, 1.807) is 11.3 Å². The quantitative estimate of drug-likeness (QED) is 0.871. The molecule has 2 rings (SSSR count). The minimum Gasteiger partial charge on any atom is -0.388 e. The topological polar surface area (TPSA) is 49.3 Å². The summed E-state index contributed by atoms with van der Waals surface area (Å²) in [4.78, 5) is 12.9. The molecule has 0 spiro atoms. The van der Waals surface area contributed by atoms with Crippen molar-refractivity contribution in [3.8, 4) is 0 Å². The van der Waals surface area contributed by atoms with Gasteiger partial charge in [0.1, 0.15) is 0 Å². The zero-order valence-electron chi connectivity index (χ0n) is 10.2. The Hall–Kier alpha value is -0.390. The third-order valence-corrected chi connectivity index (χ3v) is 5.13. The lowest BCUT2D eigenvalue weighted by Gasteiger charge is -2.22. The highest BCUT2D eigenvalue weighted by atomic mass is 79.9. The van der Waals surface area contributed by atoms with Crippen LogP contribution in [0.4, 0.5) is 0 Å². The van der Waals surface area contributed by atoms with Crippen molar-refractivity contribution in [3.05, 3.63) is 20.8 Å². The molecule has 1 amide bonds. The van der Waals surface area contributed by atoms with E-state index < -0.39 is 5.60 Å². The molecule has 3 nitrogen and oxygen atoms in total. The standard InChI is InChI=1S/C13H18BrNO2S/c14-10-7-11(18-8-10)3-4-12(16)15-9-13(17)5-1-2-6-13/h7-8,17H,1-6,9H2,(H,15,16). The van der Waals surface area contributed by atoms with Gasteiger partial charge in [-0.15, -0.1) is 11.3 Å². The largest absolute Gasteiger partial charge is 0.388 e. The number of carbonyl (C=O) groups is 1. The molecule has 5 heteroatoms. The molecule has 1 aromatic rings. The normalized spacial score (nSPS) is 17.9. The second-order valence-electron chi connectivity index (χ2n) is 4.94. The predicted molar refractivity (Wildman–Crippen MR) is 76.8 cm³/mol. The summed E-state index contributed by atoms with van der Waals surface area (Å²) >= 11 is 5.06. The average molecular weight is 332 g/mol. The second kappa shape index (κ2) is 6.17. The first-order valence-corrected chi connectivity index (χ1v) is 7.97. The lowest BCUT2D eigenvalue weighted by molar-refractivity contribution is -0.122. The van der Waals surface area contributed by atoms with Crippen molar-refractivity contribution in [2.75, 3.05) is 6.54 Å². The molecule has 0 unspecified atom stereocenters. The van der Waals surface area contributed by atoms with Gasteiger partial charge >= 0.3 is 0 Å². The molecule has 0 atom stereocenters. The number of aliphatic hydroxyl groups is 1. The molecule has 1 aromatic heterocycles. The predicted octanol–water partition coefficient (Wildman–Crippen LogP) is 2.86. The molecule has 0 saturated heterocycles. The van der Waals surface area contributed by atoms with Crippen molar-refractivity contribution in [2.24, 2.45) is 0 Å². The summed E-state index contributed by atoms with van der Waals surface area (Å²) in [6.45, 7) is 0.403. The fraction of sp³-hybridized carbons (Fsp3) is 0.615.